The second-order valence-electron chi connectivity index (χ2n) is 3.87. The average Bonchev–Trinajstić information content (AvgIpc) is 2.73. The quantitative estimate of drug-likeness (QED) is 0.595. The molecule has 1 aromatic carbocycles. The van der Waals surface area contributed by atoms with Gasteiger partial charge >= 0.3 is 0 Å². The number of nitrogens with zero attached hydrogens (tertiary/aromatic N) is 1. The Balaban J connectivity index is 1.85. The third-order valence-electron chi connectivity index (χ3n) is 2.18. The molecule has 1 heterocycles. The molecule has 3 N–H and O–H groups in total. The van der Waals surface area contributed by atoms with Crippen molar-refractivity contribution in [1.29, 1.82) is 0 Å². The Hall–Kier alpha value is -1.66. The molecule has 0 bridgehead atoms. The number of anilines is 2. The van der Waals surface area contributed by atoms with Crippen LogP contribution in [0, 0.1) is 13.8 Å². The van der Waals surface area contributed by atoms with Crippen molar-refractivity contribution in [3.63, 3.8) is 0 Å². The van der Waals surface area contributed by atoms with E-state index in [-0.39, 0.29) is 0 Å². The van der Waals surface area contributed by atoms with E-state index in [0.29, 0.717) is 5.11 Å². The molecule has 0 atom stereocenters. The van der Waals surface area contributed by atoms with Gasteiger partial charge in [-0.1, -0.05) is 12.1 Å². The summed E-state index contributed by atoms with van der Waals surface area (Å²) in [4.78, 5) is 4.26. The molecule has 0 saturated carbocycles. The van der Waals surface area contributed by atoms with Crippen LogP contribution in [0.3, 0.4) is 0 Å². The summed E-state index contributed by atoms with van der Waals surface area (Å²) in [5, 5.41) is 6.37. The molecule has 0 amide bonds. The maximum absolute atomic E-state index is 5.18. The molecule has 6 heteroatoms. The van der Waals surface area contributed by atoms with Crippen molar-refractivity contribution >= 4 is 39.5 Å². The number of hydrogen-bond acceptors (Lipinski definition) is 4. The van der Waals surface area contributed by atoms with Crippen molar-refractivity contribution in [3.8, 4) is 0 Å². The van der Waals surface area contributed by atoms with Crippen LogP contribution in [0.1, 0.15) is 11.3 Å². The Bertz CT molecular complexity index is 551. The first kappa shape index (κ1) is 12.8. The number of benzene rings is 1. The topological polar surface area (TPSA) is 49.0 Å². The van der Waals surface area contributed by atoms with Crippen molar-refractivity contribution < 1.29 is 0 Å². The van der Waals surface area contributed by atoms with E-state index in [2.05, 4.69) is 21.2 Å². The molecule has 1 aromatic heterocycles. The maximum Gasteiger partial charge on any atom is 0.201 e. The van der Waals surface area contributed by atoms with Crippen molar-refractivity contribution in [2.45, 2.75) is 13.8 Å². The van der Waals surface area contributed by atoms with Crippen molar-refractivity contribution in [3.05, 3.63) is 40.9 Å². The van der Waals surface area contributed by atoms with Crippen LogP contribution in [0.25, 0.3) is 0 Å². The van der Waals surface area contributed by atoms with E-state index in [9.17, 15) is 0 Å². The van der Waals surface area contributed by atoms with Gasteiger partial charge in [0, 0.05) is 11.1 Å². The highest BCUT2D eigenvalue weighted by molar-refractivity contribution is 7.80. The predicted molar refractivity (Wildman–Crippen MR) is 81.0 cm³/mol. The third-order valence-corrected chi connectivity index (χ3v) is 3.26. The summed E-state index contributed by atoms with van der Waals surface area (Å²) >= 11 is 6.71. The van der Waals surface area contributed by atoms with E-state index in [4.69, 9.17) is 12.2 Å². The molecule has 94 valence electrons. The van der Waals surface area contributed by atoms with Crippen molar-refractivity contribution in [2.75, 3.05) is 10.7 Å². The molecule has 0 fully saturated rings. The lowest BCUT2D eigenvalue weighted by molar-refractivity contribution is 1.11. The fourth-order valence-corrected chi connectivity index (χ4v) is 2.22. The average molecular weight is 278 g/mol. The zero-order chi connectivity index (χ0) is 13.0. The summed E-state index contributed by atoms with van der Waals surface area (Å²) < 4.78 is 0. The summed E-state index contributed by atoms with van der Waals surface area (Å²) in [5.41, 5.74) is 8.99. The van der Waals surface area contributed by atoms with Gasteiger partial charge in [0.15, 0.2) is 5.11 Å². The summed E-state index contributed by atoms with van der Waals surface area (Å²) in [6, 6.07) is 8.02. The van der Waals surface area contributed by atoms with Crippen LogP contribution in [0.5, 0.6) is 0 Å². The lowest BCUT2D eigenvalue weighted by atomic mass is 10.2. The van der Waals surface area contributed by atoms with Gasteiger partial charge in [-0.05, 0) is 43.8 Å². The SMILES string of the molecule is Cc1cccc(NC(=S)NNc2nc(C)cs2)c1. The highest BCUT2D eigenvalue weighted by Crippen LogP contribution is 2.13. The van der Waals surface area contributed by atoms with Gasteiger partial charge in [0.25, 0.3) is 0 Å². The van der Waals surface area contributed by atoms with Crippen LogP contribution in [0.15, 0.2) is 29.6 Å². The van der Waals surface area contributed by atoms with Crippen LogP contribution in [-0.4, -0.2) is 10.1 Å². The Morgan fingerprint density at radius 2 is 2.17 bits per heavy atom. The molecule has 0 saturated heterocycles. The minimum Gasteiger partial charge on any atom is -0.331 e. The largest absolute Gasteiger partial charge is 0.331 e. The highest BCUT2D eigenvalue weighted by atomic mass is 32.1. The smallest absolute Gasteiger partial charge is 0.201 e. The van der Waals surface area contributed by atoms with E-state index in [1.54, 1.807) is 0 Å². The Kier molecular flexibility index (Phi) is 4.11. The summed E-state index contributed by atoms with van der Waals surface area (Å²) in [6.07, 6.45) is 0. The van der Waals surface area contributed by atoms with E-state index in [1.807, 2.05) is 43.5 Å². The maximum atomic E-state index is 5.18. The van der Waals surface area contributed by atoms with E-state index >= 15 is 0 Å². The van der Waals surface area contributed by atoms with Crippen LogP contribution in [0.2, 0.25) is 0 Å². The lowest BCUT2D eigenvalue weighted by Gasteiger charge is -2.10. The van der Waals surface area contributed by atoms with Crippen molar-refractivity contribution in [1.82, 2.24) is 10.4 Å². The van der Waals surface area contributed by atoms with Gasteiger partial charge in [0.05, 0.1) is 5.69 Å². The standard InChI is InChI=1S/C12H14N4S2/c1-8-4-3-5-10(6-8)14-11(17)15-16-12-13-9(2)7-18-12/h3-7H,1-2H3,(H,13,16)(H2,14,15,17). The van der Waals surface area contributed by atoms with E-state index < -0.39 is 0 Å². The van der Waals surface area contributed by atoms with E-state index in [0.717, 1.165) is 16.5 Å². The van der Waals surface area contributed by atoms with Crippen molar-refractivity contribution in [2.24, 2.45) is 0 Å². The number of aryl methyl sites for hydroxylation is 2. The number of thiazole rings is 1. The number of aromatic nitrogens is 1. The van der Waals surface area contributed by atoms with Crippen LogP contribution < -0.4 is 16.2 Å². The fraction of sp³-hybridized carbons (Fsp3) is 0.167. The van der Waals surface area contributed by atoms with E-state index in [1.165, 1.54) is 16.9 Å². The normalized spacial score (nSPS) is 9.89. The minimum atomic E-state index is 0.508. The third kappa shape index (κ3) is 3.68. The number of hydrazine groups is 1. The van der Waals surface area contributed by atoms with Crippen LogP contribution in [0.4, 0.5) is 10.8 Å². The molecule has 2 rings (SSSR count). The molecule has 0 radical (unpaired) electrons. The van der Waals surface area contributed by atoms with Gasteiger partial charge in [0.1, 0.15) is 0 Å². The molecule has 0 aliphatic rings. The van der Waals surface area contributed by atoms with Gasteiger partial charge in [-0.15, -0.1) is 11.3 Å². The van der Waals surface area contributed by atoms with Crippen LogP contribution >= 0.6 is 23.6 Å². The number of nitrogens with one attached hydrogen (secondary N) is 3. The number of hydrogen-bond donors (Lipinski definition) is 3. The Labute approximate surface area is 115 Å². The van der Waals surface area contributed by atoms with Gasteiger partial charge in [-0.25, -0.2) is 4.98 Å². The van der Waals surface area contributed by atoms with Gasteiger partial charge < -0.3 is 5.32 Å². The zero-order valence-electron chi connectivity index (χ0n) is 10.2. The van der Waals surface area contributed by atoms with Crippen LogP contribution in [-0.2, 0) is 0 Å². The van der Waals surface area contributed by atoms with Gasteiger partial charge in [0.2, 0.25) is 5.13 Å². The monoisotopic (exact) mass is 278 g/mol. The van der Waals surface area contributed by atoms with Gasteiger partial charge in [-0.2, -0.15) is 0 Å². The highest BCUT2D eigenvalue weighted by Gasteiger charge is 2.00. The molecule has 0 spiro atoms. The molecule has 0 aliphatic heterocycles. The fourth-order valence-electron chi connectivity index (χ4n) is 1.41. The molecular weight excluding hydrogens is 264 g/mol. The Morgan fingerprint density at radius 1 is 1.33 bits per heavy atom. The molecule has 2 aromatic rings. The molecule has 0 aliphatic carbocycles. The first-order chi connectivity index (χ1) is 8.63. The molecular formula is C12H14N4S2. The predicted octanol–water partition coefficient (Wildman–Crippen LogP) is 3.07. The second kappa shape index (κ2) is 5.79. The minimum absolute atomic E-state index is 0.508. The summed E-state index contributed by atoms with van der Waals surface area (Å²) in [6.45, 7) is 3.99. The summed E-state index contributed by atoms with van der Waals surface area (Å²) in [7, 11) is 0. The zero-order valence-corrected chi connectivity index (χ0v) is 11.8. The number of rotatable bonds is 3. The first-order valence-corrected chi connectivity index (χ1v) is 6.74. The number of thiocarbonyl (C=S) groups is 1. The lowest BCUT2D eigenvalue weighted by Crippen LogP contribution is -2.33. The molecule has 18 heavy (non-hydrogen) atoms. The Morgan fingerprint density at radius 3 is 2.83 bits per heavy atom. The molecule has 4 nitrogen and oxygen atoms in total. The first-order valence-electron chi connectivity index (χ1n) is 5.45. The second-order valence-corrected chi connectivity index (χ2v) is 5.13. The summed E-state index contributed by atoms with van der Waals surface area (Å²) in [5.74, 6) is 0. The van der Waals surface area contributed by atoms with Gasteiger partial charge in [-0.3, -0.25) is 10.9 Å². The molecule has 0 unspecified atom stereocenters.